The van der Waals surface area contributed by atoms with Crippen molar-refractivity contribution in [2.24, 2.45) is 0 Å². The van der Waals surface area contributed by atoms with Gasteiger partial charge in [0.1, 0.15) is 11.9 Å². The number of hydrogen-bond acceptors (Lipinski definition) is 2. The van der Waals surface area contributed by atoms with Gasteiger partial charge in [0.05, 0.1) is 0 Å². The lowest BCUT2D eigenvalue weighted by molar-refractivity contribution is 0.229. The minimum Gasteiger partial charge on any atom is -0.486 e. The summed E-state index contributed by atoms with van der Waals surface area (Å²) in [5.74, 6) is 0.954. The Kier molecular flexibility index (Phi) is 5.28. The fraction of sp³-hybridized carbons (Fsp3) is 0.529. The highest BCUT2D eigenvalue weighted by atomic mass is 79.9. The first-order chi connectivity index (χ1) is 9.44. The fourth-order valence-corrected chi connectivity index (χ4v) is 2.56. The third kappa shape index (κ3) is 4.95. The van der Waals surface area contributed by atoms with Crippen molar-refractivity contribution in [3.05, 3.63) is 40.4 Å². The highest BCUT2D eigenvalue weighted by Crippen LogP contribution is 2.25. The molecule has 0 radical (unpaired) electrons. The smallest absolute Gasteiger partial charge is 0.120 e. The van der Waals surface area contributed by atoms with Gasteiger partial charge in [0.2, 0.25) is 0 Å². The second-order valence-electron chi connectivity index (χ2n) is 6.37. The topological polar surface area (TPSA) is 21.3 Å². The van der Waals surface area contributed by atoms with Crippen LogP contribution in [0, 0.1) is 0 Å². The lowest BCUT2D eigenvalue weighted by atomic mass is 10.1. The van der Waals surface area contributed by atoms with Gasteiger partial charge < -0.3 is 10.1 Å². The van der Waals surface area contributed by atoms with E-state index >= 15 is 0 Å². The van der Waals surface area contributed by atoms with Crippen molar-refractivity contribution in [1.82, 2.24) is 5.32 Å². The van der Waals surface area contributed by atoms with Crippen molar-refractivity contribution in [2.75, 3.05) is 0 Å². The van der Waals surface area contributed by atoms with E-state index in [1.807, 2.05) is 6.07 Å². The van der Waals surface area contributed by atoms with E-state index in [0.29, 0.717) is 0 Å². The molecule has 3 heteroatoms. The van der Waals surface area contributed by atoms with Gasteiger partial charge in [-0.15, -0.1) is 0 Å². The van der Waals surface area contributed by atoms with Crippen LogP contribution < -0.4 is 10.1 Å². The van der Waals surface area contributed by atoms with E-state index in [-0.39, 0.29) is 11.6 Å². The molecule has 20 heavy (non-hydrogen) atoms. The number of benzene rings is 1. The quantitative estimate of drug-likeness (QED) is 0.795. The zero-order valence-corrected chi connectivity index (χ0v) is 14.2. The van der Waals surface area contributed by atoms with Crippen molar-refractivity contribution in [1.29, 1.82) is 0 Å². The maximum absolute atomic E-state index is 6.05. The van der Waals surface area contributed by atoms with Crippen LogP contribution in [-0.2, 0) is 6.54 Å². The number of ether oxygens (including phenoxy) is 1. The highest BCUT2D eigenvalue weighted by molar-refractivity contribution is 9.10. The van der Waals surface area contributed by atoms with Crippen LogP contribution in [0.3, 0.4) is 0 Å². The monoisotopic (exact) mass is 337 g/mol. The molecule has 110 valence electrons. The predicted molar refractivity (Wildman–Crippen MR) is 88.1 cm³/mol. The van der Waals surface area contributed by atoms with E-state index in [0.717, 1.165) is 23.2 Å². The lowest BCUT2D eigenvalue weighted by Crippen LogP contribution is -2.35. The third-order valence-electron chi connectivity index (χ3n) is 3.32. The summed E-state index contributed by atoms with van der Waals surface area (Å²) in [7, 11) is 0. The molecule has 0 spiro atoms. The number of rotatable bonds is 4. The van der Waals surface area contributed by atoms with Crippen LogP contribution in [0.4, 0.5) is 0 Å². The average Bonchev–Trinajstić information content (AvgIpc) is 2.40. The molecule has 1 atom stereocenters. The molecular weight excluding hydrogens is 314 g/mol. The summed E-state index contributed by atoms with van der Waals surface area (Å²) in [6.07, 6.45) is 8.14. The Morgan fingerprint density at radius 1 is 1.35 bits per heavy atom. The Balaban J connectivity index is 2.03. The van der Waals surface area contributed by atoms with E-state index < -0.39 is 0 Å². The van der Waals surface area contributed by atoms with Gasteiger partial charge in [-0.3, -0.25) is 0 Å². The van der Waals surface area contributed by atoms with Crippen LogP contribution >= 0.6 is 15.9 Å². The maximum atomic E-state index is 6.05. The van der Waals surface area contributed by atoms with Crippen LogP contribution in [0.2, 0.25) is 0 Å². The first-order valence-electron chi connectivity index (χ1n) is 7.31. The summed E-state index contributed by atoms with van der Waals surface area (Å²) in [4.78, 5) is 0. The van der Waals surface area contributed by atoms with E-state index in [4.69, 9.17) is 4.74 Å². The lowest BCUT2D eigenvalue weighted by Gasteiger charge is -2.22. The van der Waals surface area contributed by atoms with Crippen LogP contribution in [0.1, 0.15) is 45.6 Å². The number of halogens is 1. The Labute approximate surface area is 130 Å². The second kappa shape index (κ2) is 6.77. The molecule has 0 saturated carbocycles. The molecule has 0 bridgehead atoms. The van der Waals surface area contributed by atoms with Gasteiger partial charge in [-0.1, -0.05) is 22.0 Å². The Morgan fingerprint density at radius 3 is 2.80 bits per heavy atom. The van der Waals surface area contributed by atoms with Gasteiger partial charge in [-0.05, 0) is 69.9 Å². The first-order valence-corrected chi connectivity index (χ1v) is 8.10. The number of nitrogens with one attached hydrogen (secondary N) is 1. The van der Waals surface area contributed by atoms with Crippen LogP contribution in [0.5, 0.6) is 5.75 Å². The Hall–Kier alpha value is -0.800. The number of hydrogen-bond donors (Lipinski definition) is 1. The third-order valence-corrected chi connectivity index (χ3v) is 4.10. The minimum atomic E-state index is 0.114. The summed E-state index contributed by atoms with van der Waals surface area (Å²) in [6, 6.07) is 6.24. The molecule has 1 aliphatic carbocycles. The second-order valence-corrected chi connectivity index (χ2v) is 7.23. The molecule has 2 rings (SSSR count). The van der Waals surface area contributed by atoms with E-state index in [9.17, 15) is 0 Å². The molecule has 0 aromatic heterocycles. The van der Waals surface area contributed by atoms with Crippen molar-refractivity contribution < 1.29 is 4.74 Å². The zero-order chi connectivity index (χ0) is 14.6. The molecule has 1 N–H and O–H groups in total. The average molecular weight is 338 g/mol. The van der Waals surface area contributed by atoms with Crippen LogP contribution in [-0.4, -0.2) is 11.6 Å². The van der Waals surface area contributed by atoms with Crippen LogP contribution in [0.15, 0.2) is 34.8 Å². The van der Waals surface area contributed by atoms with Gasteiger partial charge in [-0.2, -0.15) is 0 Å². The summed E-state index contributed by atoms with van der Waals surface area (Å²) in [6.45, 7) is 7.36. The van der Waals surface area contributed by atoms with Gasteiger partial charge in [-0.25, -0.2) is 0 Å². The molecule has 1 aromatic rings. The SMILES string of the molecule is CC(C)(C)NCc1cc(OC2C=CCCC2)ccc1Br. The first kappa shape index (κ1) is 15.6. The summed E-state index contributed by atoms with van der Waals surface area (Å²) >= 11 is 3.61. The molecule has 0 amide bonds. The molecule has 1 aliphatic rings. The van der Waals surface area contributed by atoms with E-state index in [2.05, 4.69) is 66.3 Å². The molecule has 1 aromatic carbocycles. The maximum Gasteiger partial charge on any atom is 0.120 e. The zero-order valence-electron chi connectivity index (χ0n) is 12.6. The largest absolute Gasteiger partial charge is 0.486 e. The van der Waals surface area contributed by atoms with Gasteiger partial charge in [0.25, 0.3) is 0 Å². The Bertz CT molecular complexity index is 476. The summed E-state index contributed by atoms with van der Waals surface area (Å²) in [5.41, 5.74) is 1.35. The highest BCUT2D eigenvalue weighted by Gasteiger charge is 2.13. The van der Waals surface area contributed by atoms with Crippen molar-refractivity contribution in [3.63, 3.8) is 0 Å². The summed E-state index contributed by atoms with van der Waals surface area (Å²) in [5, 5.41) is 3.51. The molecule has 2 nitrogen and oxygen atoms in total. The molecule has 0 saturated heterocycles. The molecular formula is C17H24BrNO. The van der Waals surface area contributed by atoms with Gasteiger partial charge >= 0.3 is 0 Å². The fourth-order valence-electron chi connectivity index (χ4n) is 2.17. The minimum absolute atomic E-state index is 0.114. The standard InChI is InChI=1S/C17H24BrNO/c1-17(2,3)19-12-13-11-15(9-10-16(13)18)20-14-7-5-4-6-8-14/h5,7,9-11,14,19H,4,6,8,12H2,1-3H3. The van der Waals surface area contributed by atoms with E-state index in [1.165, 1.54) is 18.4 Å². The van der Waals surface area contributed by atoms with Crippen molar-refractivity contribution in [3.8, 4) is 5.75 Å². The normalized spacial score (nSPS) is 19.1. The Morgan fingerprint density at radius 2 is 2.15 bits per heavy atom. The molecule has 0 fully saturated rings. The molecule has 1 unspecified atom stereocenters. The van der Waals surface area contributed by atoms with Crippen molar-refractivity contribution >= 4 is 15.9 Å². The van der Waals surface area contributed by atoms with Crippen molar-refractivity contribution in [2.45, 2.75) is 58.2 Å². The van der Waals surface area contributed by atoms with Gasteiger partial charge in [0, 0.05) is 16.6 Å². The number of allylic oxidation sites excluding steroid dienone is 1. The molecule has 0 heterocycles. The predicted octanol–water partition coefficient (Wildman–Crippen LogP) is 4.82. The van der Waals surface area contributed by atoms with Crippen LogP contribution in [0.25, 0.3) is 0 Å². The molecule has 0 aliphatic heterocycles. The van der Waals surface area contributed by atoms with E-state index in [1.54, 1.807) is 0 Å². The summed E-state index contributed by atoms with van der Waals surface area (Å²) < 4.78 is 7.17. The van der Waals surface area contributed by atoms with Gasteiger partial charge in [0.15, 0.2) is 0 Å².